The molecular formula is C19H15ClN3O3-. The molecule has 0 saturated carbocycles. The predicted octanol–water partition coefficient (Wildman–Crippen LogP) is 2.09. The molecule has 1 aromatic heterocycles. The van der Waals surface area contributed by atoms with Crippen LogP contribution in [0.15, 0.2) is 47.3 Å². The van der Waals surface area contributed by atoms with Gasteiger partial charge in [-0.3, -0.25) is 4.79 Å². The van der Waals surface area contributed by atoms with Crippen LogP contribution in [0.3, 0.4) is 0 Å². The molecule has 3 aromatic rings. The first-order valence-corrected chi connectivity index (χ1v) is 8.13. The number of aromatic amines is 1. The van der Waals surface area contributed by atoms with Crippen LogP contribution in [-0.2, 0) is 0 Å². The summed E-state index contributed by atoms with van der Waals surface area (Å²) in [4.78, 5) is 32.1. The third-order valence-corrected chi connectivity index (χ3v) is 4.16. The maximum atomic E-state index is 12.2. The van der Waals surface area contributed by atoms with E-state index in [9.17, 15) is 14.7 Å². The van der Waals surface area contributed by atoms with Gasteiger partial charge in [0.05, 0.1) is 21.9 Å². The number of carboxylic acid groups (broad SMARTS) is 1. The molecule has 0 atom stereocenters. The monoisotopic (exact) mass is 368 g/mol. The van der Waals surface area contributed by atoms with E-state index >= 15 is 0 Å². The lowest BCUT2D eigenvalue weighted by atomic mass is 10.1. The third kappa shape index (κ3) is 3.60. The van der Waals surface area contributed by atoms with Crippen molar-refractivity contribution in [1.82, 2.24) is 9.97 Å². The van der Waals surface area contributed by atoms with Crippen molar-refractivity contribution in [3.63, 3.8) is 0 Å². The van der Waals surface area contributed by atoms with Gasteiger partial charge >= 0.3 is 0 Å². The van der Waals surface area contributed by atoms with Crippen LogP contribution >= 0.6 is 11.6 Å². The van der Waals surface area contributed by atoms with Crippen LogP contribution in [0, 0.1) is 0 Å². The summed E-state index contributed by atoms with van der Waals surface area (Å²) in [7, 11) is 3.89. The predicted molar refractivity (Wildman–Crippen MR) is 101 cm³/mol. The van der Waals surface area contributed by atoms with Crippen molar-refractivity contribution >= 4 is 45.3 Å². The number of hydrogen-bond acceptors (Lipinski definition) is 5. The number of hydrogen-bond donors (Lipinski definition) is 1. The quantitative estimate of drug-likeness (QED) is 0.761. The van der Waals surface area contributed by atoms with Crippen molar-refractivity contribution in [2.45, 2.75) is 0 Å². The number of aromatic nitrogens is 2. The largest absolute Gasteiger partial charge is 0.545 e. The number of carbonyl (C=O) groups excluding carboxylic acids is 1. The number of nitrogens with zero attached hydrogens (tertiary/aromatic N) is 2. The molecule has 0 fully saturated rings. The Morgan fingerprint density at radius 3 is 2.50 bits per heavy atom. The van der Waals surface area contributed by atoms with E-state index in [0.717, 1.165) is 11.3 Å². The van der Waals surface area contributed by atoms with Crippen molar-refractivity contribution in [1.29, 1.82) is 0 Å². The molecule has 0 aliphatic heterocycles. The number of anilines is 1. The summed E-state index contributed by atoms with van der Waals surface area (Å²) < 4.78 is 0. The summed E-state index contributed by atoms with van der Waals surface area (Å²) in [6, 6.07) is 11.7. The Kier molecular flexibility index (Phi) is 4.77. The van der Waals surface area contributed by atoms with Crippen LogP contribution in [0.4, 0.5) is 5.69 Å². The topological polar surface area (TPSA) is 89.1 Å². The second-order valence-corrected chi connectivity index (χ2v) is 6.32. The first-order valence-electron chi connectivity index (χ1n) is 7.75. The maximum absolute atomic E-state index is 12.2. The zero-order valence-corrected chi connectivity index (χ0v) is 14.9. The highest BCUT2D eigenvalue weighted by molar-refractivity contribution is 6.50. The van der Waals surface area contributed by atoms with E-state index in [1.165, 1.54) is 18.2 Å². The lowest BCUT2D eigenvalue weighted by Gasteiger charge is -2.12. The summed E-state index contributed by atoms with van der Waals surface area (Å²) in [5.74, 6) is -1.17. The molecule has 132 valence electrons. The highest BCUT2D eigenvalue weighted by atomic mass is 35.5. The van der Waals surface area contributed by atoms with E-state index in [0.29, 0.717) is 0 Å². The third-order valence-electron chi connectivity index (χ3n) is 3.87. The highest BCUT2D eigenvalue weighted by Gasteiger charge is 2.08. The molecule has 0 aliphatic rings. The number of rotatable bonds is 4. The van der Waals surface area contributed by atoms with Gasteiger partial charge in [0.1, 0.15) is 0 Å². The Labute approximate surface area is 154 Å². The summed E-state index contributed by atoms with van der Waals surface area (Å²) in [5, 5.41) is 11.5. The van der Waals surface area contributed by atoms with Crippen molar-refractivity contribution in [2.24, 2.45) is 0 Å². The van der Waals surface area contributed by atoms with Crippen molar-refractivity contribution in [3.05, 3.63) is 69.8 Å². The molecular weight excluding hydrogens is 354 g/mol. The lowest BCUT2D eigenvalue weighted by molar-refractivity contribution is -0.255. The van der Waals surface area contributed by atoms with E-state index < -0.39 is 11.5 Å². The average Bonchev–Trinajstić information content (AvgIpc) is 2.61. The second-order valence-electron chi connectivity index (χ2n) is 5.91. The minimum Gasteiger partial charge on any atom is -0.545 e. The van der Waals surface area contributed by atoms with Gasteiger partial charge in [-0.25, -0.2) is 4.98 Å². The number of carboxylic acids is 1. The van der Waals surface area contributed by atoms with Gasteiger partial charge in [-0.15, -0.1) is 0 Å². The number of nitrogens with one attached hydrogen (secondary N) is 1. The molecule has 0 spiro atoms. The molecule has 7 heteroatoms. The Morgan fingerprint density at radius 1 is 1.19 bits per heavy atom. The van der Waals surface area contributed by atoms with E-state index in [4.69, 9.17) is 11.6 Å². The Hall–Kier alpha value is -3.12. The molecule has 1 N–H and O–H groups in total. The van der Waals surface area contributed by atoms with Crippen molar-refractivity contribution in [2.75, 3.05) is 19.0 Å². The second kappa shape index (κ2) is 7.01. The normalized spacial score (nSPS) is 11.6. The molecule has 26 heavy (non-hydrogen) atoms. The van der Waals surface area contributed by atoms with E-state index in [2.05, 4.69) is 9.97 Å². The number of benzene rings is 2. The van der Waals surface area contributed by atoms with Gasteiger partial charge < -0.3 is 19.8 Å². The van der Waals surface area contributed by atoms with Crippen molar-refractivity contribution in [3.8, 4) is 0 Å². The molecule has 2 aromatic carbocycles. The maximum Gasteiger partial charge on any atom is 0.259 e. The van der Waals surface area contributed by atoms with Crippen molar-refractivity contribution < 1.29 is 9.90 Å². The zero-order valence-electron chi connectivity index (χ0n) is 14.1. The first kappa shape index (κ1) is 17.7. The summed E-state index contributed by atoms with van der Waals surface area (Å²) >= 11 is 6.31. The summed E-state index contributed by atoms with van der Waals surface area (Å²) in [6.07, 6.45) is 1.67. The molecule has 3 rings (SSSR count). The molecule has 0 bridgehead atoms. The number of aromatic carboxylic acids is 1. The molecule has 0 amide bonds. The fourth-order valence-corrected chi connectivity index (χ4v) is 2.68. The SMILES string of the molecule is CN(C)c1ccc(/C=C(\Cl)c2nc3cc(C(=O)[O-])ccc3c(=O)[nH]2)cc1. The van der Waals surface area contributed by atoms with Gasteiger partial charge in [-0.2, -0.15) is 0 Å². The lowest BCUT2D eigenvalue weighted by Crippen LogP contribution is -2.22. The number of fused-ring (bicyclic) bond motifs is 1. The van der Waals surface area contributed by atoms with E-state index in [-0.39, 0.29) is 27.3 Å². The first-order chi connectivity index (χ1) is 12.3. The molecule has 0 unspecified atom stereocenters. The van der Waals surface area contributed by atoms with Gasteiger partial charge in [-0.05, 0) is 41.5 Å². The van der Waals surface area contributed by atoms with Crippen LogP contribution in [-0.4, -0.2) is 30.0 Å². The summed E-state index contributed by atoms with van der Waals surface area (Å²) in [5.41, 5.74) is 1.67. The fourth-order valence-electron chi connectivity index (χ4n) is 2.46. The molecule has 6 nitrogen and oxygen atoms in total. The zero-order chi connectivity index (χ0) is 18.8. The van der Waals surface area contributed by atoms with Crippen LogP contribution in [0.2, 0.25) is 0 Å². The van der Waals surface area contributed by atoms with Gasteiger partial charge in [0.15, 0.2) is 5.82 Å². The smallest absolute Gasteiger partial charge is 0.259 e. The van der Waals surface area contributed by atoms with Crippen LogP contribution in [0.1, 0.15) is 21.7 Å². The van der Waals surface area contributed by atoms with Gasteiger partial charge in [0, 0.05) is 19.8 Å². The molecule has 0 radical (unpaired) electrons. The van der Waals surface area contributed by atoms with Crippen LogP contribution < -0.4 is 15.6 Å². The number of H-pyrrole nitrogens is 1. The minimum absolute atomic E-state index is 0.0547. The standard InChI is InChI=1S/C19H16ClN3O3/c1-23(2)13-6-3-11(4-7-13)9-15(20)17-21-16-10-12(19(25)26)5-8-14(16)18(24)22-17/h3-10H,1-2H3,(H,25,26)(H,21,22,24)/p-1/b15-9-. The Balaban J connectivity index is 2.03. The summed E-state index contributed by atoms with van der Waals surface area (Å²) in [6.45, 7) is 0. The van der Waals surface area contributed by atoms with Crippen LogP contribution in [0.5, 0.6) is 0 Å². The van der Waals surface area contributed by atoms with Crippen LogP contribution in [0.25, 0.3) is 22.0 Å². The van der Waals surface area contributed by atoms with Gasteiger partial charge in [-0.1, -0.05) is 29.8 Å². The number of carbonyl (C=O) groups is 1. The Bertz CT molecular complexity index is 1070. The minimum atomic E-state index is -1.34. The molecule has 1 heterocycles. The molecule has 0 saturated heterocycles. The average molecular weight is 369 g/mol. The van der Waals surface area contributed by atoms with E-state index in [1.54, 1.807) is 6.08 Å². The van der Waals surface area contributed by atoms with Gasteiger partial charge in [0.2, 0.25) is 0 Å². The molecule has 0 aliphatic carbocycles. The fraction of sp³-hybridized carbons (Fsp3) is 0.105. The van der Waals surface area contributed by atoms with Gasteiger partial charge in [0.25, 0.3) is 5.56 Å². The highest BCUT2D eigenvalue weighted by Crippen LogP contribution is 2.21. The van der Waals surface area contributed by atoms with E-state index in [1.807, 2.05) is 43.3 Å². The number of halogens is 1. The Morgan fingerprint density at radius 2 is 1.88 bits per heavy atom.